The second kappa shape index (κ2) is 6.45. The van der Waals surface area contributed by atoms with Gasteiger partial charge < -0.3 is 15.2 Å². The van der Waals surface area contributed by atoms with Crippen LogP contribution in [0.2, 0.25) is 0 Å². The van der Waals surface area contributed by atoms with E-state index in [1.165, 1.54) is 0 Å². The van der Waals surface area contributed by atoms with Crippen molar-refractivity contribution in [2.45, 2.75) is 26.1 Å². The molecule has 0 saturated heterocycles. The molecular formula is C12H17NO2S. The van der Waals surface area contributed by atoms with Crippen LogP contribution < -0.4 is 10.5 Å². The molecule has 1 aromatic rings. The molecule has 1 rings (SSSR count). The number of ether oxygens (including phenoxy) is 2. The van der Waals surface area contributed by atoms with E-state index in [0.29, 0.717) is 11.6 Å². The Kier molecular flexibility index (Phi) is 5.22. The standard InChI is InChI=1S/C12H17NO2S/c1-3-11(12(13)16)15-10-6-4-5-9(7-10)8-14-2/h4-7,11H,3,8H2,1-2H3,(H2,13,16). The Morgan fingerprint density at radius 1 is 1.50 bits per heavy atom. The van der Waals surface area contributed by atoms with Gasteiger partial charge >= 0.3 is 0 Å². The minimum atomic E-state index is -0.201. The van der Waals surface area contributed by atoms with Crippen molar-refractivity contribution in [1.82, 2.24) is 0 Å². The van der Waals surface area contributed by atoms with E-state index in [2.05, 4.69) is 0 Å². The second-order valence-corrected chi connectivity index (χ2v) is 3.97. The van der Waals surface area contributed by atoms with Gasteiger partial charge in [0.1, 0.15) is 16.8 Å². The molecule has 88 valence electrons. The van der Waals surface area contributed by atoms with E-state index in [1.54, 1.807) is 7.11 Å². The lowest BCUT2D eigenvalue weighted by molar-refractivity contribution is 0.184. The van der Waals surface area contributed by atoms with Gasteiger partial charge in [0.2, 0.25) is 0 Å². The second-order valence-electron chi connectivity index (χ2n) is 3.50. The average molecular weight is 239 g/mol. The lowest BCUT2D eigenvalue weighted by Gasteiger charge is -2.16. The Morgan fingerprint density at radius 2 is 2.25 bits per heavy atom. The largest absolute Gasteiger partial charge is 0.483 e. The Labute approximate surface area is 102 Å². The zero-order valence-electron chi connectivity index (χ0n) is 9.60. The van der Waals surface area contributed by atoms with Crippen molar-refractivity contribution in [3.63, 3.8) is 0 Å². The van der Waals surface area contributed by atoms with Crippen molar-refractivity contribution in [2.24, 2.45) is 5.73 Å². The maximum absolute atomic E-state index is 5.69. The molecule has 0 bridgehead atoms. The van der Waals surface area contributed by atoms with Gasteiger partial charge in [0, 0.05) is 7.11 Å². The van der Waals surface area contributed by atoms with E-state index >= 15 is 0 Å². The van der Waals surface area contributed by atoms with E-state index in [9.17, 15) is 0 Å². The third-order valence-electron chi connectivity index (χ3n) is 2.18. The van der Waals surface area contributed by atoms with Crippen molar-refractivity contribution in [3.05, 3.63) is 29.8 Å². The molecule has 0 aliphatic heterocycles. The highest BCUT2D eigenvalue weighted by Crippen LogP contribution is 2.16. The normalized spacial score (nSPS) is 12.1. The fraction of sp³-hybridized carbons (Fsp3) is 0.417. The van der Waals surface area contributed by atoms with Gasteiger partial charge in [-0.2, -0.15) is 0 Å². The molecule has 0 aliphatic rings. The van der Waals surface area contributed by atoms with Crippen molar-refractivity contribution in [2.75, 3.05) is 7.11 Å². The SMILES string of the molecule is CCC(Oc1cccc(COC)c1)C(N)=S. The molecule has 0 amide bonds. The predicted molar refractivity (Wildman–Crippen MR) is 68.6 cm³/mol. The average Bonchev–Trinajstić information content (AvgIpc) is 2.26. The zero-order valence-corrected chi connectivity index (χ0v) is 10.4. The number of nitrogens with two attached hydrogens (primary N) is 1. The van der Waals surface area contributed by atoms with E-state index in [1.807, 2.05) is 31.2 Å². The first-order valence-electron chi connectivity index (χ1n) is 5.21. The summed E-state index contributed by atoms with van der Waals surface area (Å²) in [6, 6.07) is 7.73. The topological polar surface area (TPSA) is 44.5 Å². The monoisotopic (exact) mass is 239 g/mol. The van der Waals surface area contributed by atoms with Crippen LogP contribution in [-0.2, 0) is 11.3 Å². The van der Waals surface area contributed by atoms with E-state index in [0.717, 1.165) is 17.7 Å². The quantitative estimate of drug-likeness (QED) is 0.773. The zero-order chi connectivity index (χ0) is 12.0. The van der Waals surface area contributed by atoms with Crippen molar-refractivity contribution >= 4 is 17.2 Å². The molecule has 0 heterocycles. The van der Waals surface area contributed by atoms with Crippen LogP contribution in [0.4, 0.5) is 0 Å². The summed E-state index contributed by atoms with van der Waals surface area (Å²) < 4.78 is 10.7. The van der Waals surface area contributed by atoms with Crippen LogP contribution in [0.3, 0.4) is 0 Å². The van der Waals surface area contributed by atoms with Gasteiger partial charge in [-0.3, -0.25) is 0 Å². The van der Waals surface area contributed by atoms with Crippen molar-refractivity contribution < 1.29 is 9.47 Å². The third kappa shape index (κ3) is 3.79. The summed E-state index contributed by atoms with van der Waals surface area (Å²) in [5.74, 6) is 0.772. The highest BCUT2D eigenvalue weighted by Gasteiger charge is 2.10. The summed E-state index contributed by atoms with van der Waals surface area (Å²) in [6.45, 7) is 2.56. The highest BCUT2D eigenvalue weighted by atomic mass is 32.1. The first-order valence-corrected chi connectivity index (χ1v) is 5.62. The van der Waals surface area contributed by atoms with Gasteiger partial charge in [-0.05, 0) is 24.1 Å². The molecular weight excluding hydrogens is 222 g/mol. The molecule has 0 fully saturated rings. The Bertz CT molecular complexity index is 355. The third-order valence-corrected chi connectivity index (χ3v) is 2.44. The van der Waals surface area contributed by atoms with Crippen LogP contribution in [0.5, 0.6) is 5.75 Å². The minimum Gasteiger partial charge on any atom is -0.483 e. The lowest BCUT2D eigenvalue weighted by Crippen LogP contribution is -2.31. The molecule has 0 aromatic heterocycles. The Morgan fingerprint density at radius 3 is 2.81 bits per heavy atom. The lowest BCUT2D eigenvalue weighted by atomic mass is 10.2. The van der Waals surface area contributed by atoms with Crippen LogP contribution in [-0.4, -0.2) is 18.2 Å². The molecule has 4 heteroatoms. The maximum Gasteiger partial charge on any atom is 0.148 e. The van der Waals surface area contributed by atoms with Crippen molar-refractivity contribution in [1.29, 1.82) is 0 Å². The summed E-state index contributed by atoms with van der Waals surface area (Å²) >= 11 is 4.93. The summed E-state index contributed by atoms with van der Waals surface area (Å²) in [5.41, 5.74) is 6.64. The molecule has 1 atom stereocenters. The van der Waals surface area contributed by atoms with Gasteiger partial charge in [-0.15, -0.1) is 0 Å². The summed E-state index contributed by atoms with van der Waals surface area (Å²) in [7, 11) is 1.66. The summed E-state index contributed by atoms with van der Waals surface area (Å²) in [5, 5.41) is 0. The van der Waals surface area contributed by atoms with E-state index < -0.39 is 0 Å². The Hall–Kier alpha value is -1.13. The molecule has 1 unspecified atom stereocenters. The van der Waals surface area contributed by atoms with Gasteiger partial charge in [0.15, 0.2) is 0 Å². The minimum absolute atomic E-state index is 0.201. The predicted octanol–water partition coefficient (Wildman–Crippen LogP) is 2.28. The van der Waals surface area contributed by atoms with Gasteiger partial charge in [-0.1, -0.05) is 31.3 Å². The van der Waals surface area contributed by atoms with Gasteiger partial charge in [0.25, 0.3) is 0 Å². The van der Waals surface area contributed by atoms with Crippen LogP contribution in [0, 0.1) is 0 Å². The maximum atomic E-state index is 5.69. The fourth-order valence-corrected chi connectivity index (χ4v) is 1.60. The number of hydrogen-bond acceptors (Lipinski definition) is 3. The molecule has 0 saturated carbocycles. The molecule has 2 N–H and O–H groups in total. The number of thiocarbonyl (C=S) groups is 1. The van der Waals surface area contributed by atoms with Crippen molar-refractivity contribution in [3.8, 4) is 5.75 Å². The van der Waals surface area contributed by atoms with Crippen LogP contribution in [0.15, 0.2) is 24.3 Å². The molecule has 0 aliphatic carbocycles. The van der Waals surface area contributed by atoms with Crippen LogP contribution in [0.25, 0.3) is 0 Å². The molecule has 3 nitrogen and oxygen atoms in total. The number of rotatable bonds is 6. The number of hydrogen-bond donors (Lipinski definition) is 1. The number of benzene rings is 1. The highest BCUT2D eigenvalue weighted by molar-refractivity contribution is 7.80. The molecule has 16 heavy (non-hydrogen) atoms. The first kappa shape index (κ1) is 12.9. The molecule has 0 spiro atoms. The van der Waals surface area contributed by atoms with Crippen LogP contribution in [0.1, 0.15) is 18.9 Å². The summed E-state index contributed by atoms with van der Waals surface area (Å²) in [4.78, 5) is 0.389. The first-order chi connectivity index (χ1) is 7.67. The smallest absolute Gasteiger partial charge is 0.148 e. The van der Waals surface area contributed by atoms with Gasteiger partial charge in [-0.25, -0.2) is 0 Å². The summed E-state index contributed by atoms with van der Waals surface area (Å²) in [6.07, 6.45) is 0.567. The molecule has 0 radical (unpaired) electrons. The molecule has 1 aromatic carbocycles. The van der Waals surface area contributed by atoms with Gasteiger partial charge in [0.05, 0.1) is 6.61 Å². The van der Waals surface area contributed by atoms with E-state index in [-0.39, 0.29) is 6.10 Å². The number of methoxy groups -OCH3 is 1. The fourth-order valence-electron chi connectivity index (χ4n) is 1.38. The Balaban J connectivity index is 2.72. The van der Waals surface area contributed by atoms with Crippen LogP contribution >= 0.6 is 12.2 Å². The van der Waals surface area contributed by atoms with E-state index in [4.69, 9.17) is 27.4 Å².